The number of rotatable bonds is 5. The van der Waals surface area contributed by atoms with Gasteiger partial charge in [-0.15, -0.1) is 0 Å². The van der Waals surface area contributed by atoms with Gasteiger partial charge in [-0.25, -0.2) is 0 Å². The molecule has 1 rings (SSSR count). The van der Waals surface area contributed by atoms with Gasteiger partial charge in [-0.3, -0.25) is 4.90 Å². The number of piperazine rings is 1. The number of nitrogens with zero attached hydrogens (tertiary/aromatic N) is 2. The molecule has 0 radical (unpaired) electrons. The minimum absolute atomic E-state index is 0.381. The summed E-state index contributed by atoms with van der Waals surface area (Å²) in [6.07, 6.45) is 0. The van der Waals surface area contributed by atoms with E-state index in [1.165, 1.54) is 26.2 Å². The molecule has 1 aliphatic rings. The molecule has 1 heterocycles. The predicted octanol–water partition coefficient (Wildman–Crippen LogP) is 1.26. The van der Waals surface area contributed by atoms with E-state index in [-0.39, 0.29) is 0 Å². The molecule has 1 saturated heterocycles. The normalized spacial score (nSPS) is 24.9. The molecule has 16 heavy (non-hydrogen) atoms. The van der Waals surface area contributed by atoms with Gasteiger partial charge in [0.25, 0.3) is 0 Å². The van der Waals surface area contributed by atoms with Crippen molar-refractivity contribution < 1.29 is 0 Å². The zero-order valence-electron chi connectivity index (χ0n) is 11.7. The van der Waals surface area contributed by atoms with Gasteiger partial charge in [0.2, 0.25) is 0 Å². The van der Waals surface area contributed by atoms with Gasteiger partial charge in [0.05, 0.1) is 0 Å². The molecule has 0 amide bonds. The molecule has 0 aromatic carbocycles. The van der Waals surface area contributed by atoms with Gasteiger partial charge in [0.15, 0.2) is 0 Å². The summed E-state index contributed by atoms with van der Waals surface area (Å²) in [5.74, 6) is 0. The molecule has 0 aromatic rings. The van der Waals surface area contributed by atoms with Gasteiger partial charge in [-0.05, 0) is 25.9 Å². The first-order chi connectivity index (χ1) is 7.44. The summed E-state index contributed by atoms with van der Waals surface area (Å²) in [7, 11) is 2.23. The lowest BCUT2D eigenvalue weighted by Gasteiger charge is -2.41. The minimum atomic E-state index is 0.381. The highest BCUT2D eigenvalue weighted by atomic mass is 15.3. The second-order valence-electron chi connectivity index (χ2n) is 6.01. The molecule has 1 N–H and O–H groups in total. The van der Waals surface area contributed by atoms with Crippen molar-refractivity contribution in [2.24, 2.45) is 5.41 Å². The summed E-state index contributed by atoms with van der Waals surface area (Å²) in [4.78, 5) is 5.07. The van der Waals surface area contributed by atoms with Crippen LogP contribution >= 0.6 is 0 Å². The van der Waals surface area contributed by atoms with E-state index < -0.39 is 0 Å². The maximum atomic E-state index is 3.46. The Morgan fingerprint density at radius 3 is 2.56 bits per heavy atom. The van der Waals surface area contributed by atoms with E-state index in [4.69, 9.17) is 0 Å². The number of hydrogen-bond acceptors (Lipinski definition) is 3. The Kier molecular flexibility index (Phi) is 5.22. The van der Waals surface area contributed by atoms with Crippen LogP contribution in [0.4, 0.5) is 0 Å². The highest BCUT2D eigenvalue weighted by Crippen LogP contribution is 2.18. The van der Waals surface area contributed by atoms with Gasteiger partial charge in [-0.2, -0.15) is 0 Å². The SMILES string of the molecule is CCNCC(C)(C)CN1CCN(C)C(C)C1. The van der Waals surface area contributed by atoms with Crippen LogP contribution in [0, 0.1) is 5.41 Å². The van der Waals surface area contributed by atoms with E-state index in [1.54, 1.807) is 0 Å². The molecule has 1 atom stereocenters. The van der Waals surface area contributed by atoms with E-state index in [0.29, 0.717) is 11.5 Å². The molecular weight excluding hydrogens is 198 g/mol. The van der Waals surface area contributed by atoms with Crippen molar-refractivity contribution in [3.05, 3.63) is 0 Å². The lowest BCUT2D eigenvalue weighted by atomic mass is 9.92. The van der Waals surface area contributed by atoms with Crippen molar-refractivity contribution in [1.29, 1.82) is 0 Å². The zero-order chi connectivity index (χ0) is 12.2. The lowest BCUT2D eigenvalue weighted by Crippen LogP contribution is -2.53. The van der Waals surface area contributed by atoms with Gasteiger partial charge in [0, 0.05) is 38.8 Å². The van der Waals surface area contributed by atoms with Crippen LogP contribution in [-0.4, -0.2) is 62.2 Å². The topological polar surface area (TPSA) is 18.5 Å². The summed E-state index contributed by atoms with van der Waals surface area (Å²) in [6, 6.07) is 0.698. The Morgan fingerprint density at radius 2 is 2.00 bits per heavy atom. The maximum Gasteiger partial charge on any atom is 0.0192 e. The van der Waals surface area contributed by atoms with Crippen LogP contribution in [0.2, 0.25) is 0 Å². The Balaban J connectivity index is 2.36. The van der Waals surface area contributed by atoms with Crippen molar-refractivity contribution in [1.82, 2.24) is 15.1 Å². The summed E-state index contributed by atoms with van der Waals surface area (Å²) in [5.41, 5.74) is 0.381. The first-order valence-corrected chi connectivity index (χ1v) is 6.58. The fourth-order valence-corrected chi connectivity index (χ4v) is 2.39. The smallest absolute Gasteiger partial charge is 0.0192 e. The Morgan fingerprint density at radius 1 is 1.31 bits per heavy atom. The molecule has 0 spiro atoms. The minimum Gasteiger partial charge on any atom is -0.316 e. The molecule has 0 aromatic heterocycles. The van der Waals surface area contributed by atoms with E-state index in [2.05, 4.69) is 49.9 Å². The van der Waals surface area contributed by atoms with Gasteiger partial charge in [-0.1, -0.05) is 20.8 Å². The molecule has 1 aliphatic heterocycles. The number of nitrogens with one attached hydrogen (secondary N) is 1. The third-order valence-corrected chi connectivity index (χ3v) is 3.55. The predicted molar refractivity (Wildman–Crippen MR) is 70.9 cm³/mol. The van der Waals surface area contributed by atoms with E-state index in [1.807, 2.05) is 0 Å². The highest BCUT2D eigenvalue weighted by Gasteiger charge is 2.26. The van der Waals surface area contributed by atoms with Crippen LogP contribution in [0.25, 0.3) is 0 Å². The van der Waals surface area contributed by atoms with E-state index in [0.717, 1.165) is 13.1 Å². The fourth-order valence-electron chi connectivity index (χ4n) is 2.39. The molecule has 0 aliphatic carbocycles. The zero-order valence-corrected chi connectivity index (χ0v) is 11.7. The average Bonchev–Trinajstić information content (AvgIpc) is 2.20. The summed E-state index contributed by atoms with van der Waals surface area (Å²) in [5, 5.41) is 3.46. The van der Waals surface area contributed by atoms with Crippen LogP contribution in [0.1, 0.15) is 27.7 Å². The molecule has 3 heteroatoms. The van der Waals surface area contributed by atoms with Gasteiger partial charge in [0.1, 0.15) is 0 Å². The molecule has 0 bridgehead atoms. The molecule has 96 valence electrons. The van der Waals surface area contributed by atoms with Crippen molar-refractivity contribution in [3.63, 3.8) is 0 Å². The second-order valence-corrected chi connectivity index (χ2v) is 6.01. The number of hydrogen-bond donors (Lipinski definition) is 1. The van der Waals surface area contributed by atoms with E-state index >= 15 is 0 Å². The maximum absolute atomic E-state index is 3.46. The van der Waals surface area contributed by atoms with Crippen LogP contribution in [0.5, 0.6) is 0 Å². The summed E-state index contributed by atoms with van der Waals surface area (Å²) < 4.78 is 0. The van der Waals surface area contributed by atoms with Crippen LogP contribution in [-0.2, 0) is 0 Å². The van der Waals surface area contributed by atoms with Crippen LogP contribution in [0.15, 0.2) is 0 Å². The standard InChI is InChI=1S/C13H29N3/c1-6-14-10-13(3,4)11-16-8-7-15(5)12(2)9-16/h12,14H,6-11H2,1-5H3. The molecule has 3 nitrogen and oxygen atoms in total. The Labute approximate surface area is 101 Å². The lowest BCUT2D eigenvalue weighted by molar-refractivity contribution is 0.0747. The fraction of sp³-hybridized carbons (Fsp3) is 1.00. The first kappa shape index (κ1) is 13.9. The summed E-state index contributed by atoms with van der Waals surface area (Å²) in [6.45, 7) is 16.3. The Hall–Kier alpha value is -0.120. The summed E-state index contributed by atoms with van der Waals surface area (Å²) >= 11 is 0. The average molecular weight is 227 g/mol. The third kappa shape index (κ3) is 4.40. The monoisotopic (exact) mass is 227 g/mol. The third-order valence-electron chi connectivity index (χ3n) is 3.55. The van der Waals surface area contributed by atoms with Crippen molar-refractivity contribution in [3.8, 4) is 0 Å². The van der Waals surface area contributed by atoms with Gasteiger partial charge < -0.3 is 10.2 Å². The molecule has 1 unspecified atom stereocenters. The first-order valence-electron chi connectivity index (χ1n) is 6.58. The van der Waals surface area contributed by atoms with Crippen molar-refractivity contribution >= 4 is 0 Å². The number of likely N-dealkylation sites (N-methyl/N-ethyl adjacent to an activating group) is 1. The highest BCUT2D eigenvalue weighted by molar-refractivity contribution is 4.82. The Bertz CT molecular complexity index is 203. The molecular formula is C13H29N3. The van der Waals surface area contributed by atoms with Gasteiger partial charge >= 0.3 is 0 Å². The quantitative estimate of drug-likeness (QED) is 0.763. The molecule has 1 fully saturated rings. The van der Waals surface area contributed by atoms with Crippen LogP contribution in [0.3, 0.4) is 0 Å². The van der Waals surface area contributed by atoms with E-state index in [9.17, 15) is 0 Å². The second kappa shape index (κ2) is 5.99. The van der Waals surface area contributed by atoms with Crippen molar-refractivity contribution in [2.75, 3.05) is 46.3 Å². The molecule has 0 saturated carbocycles. The van der Waals surface area contributed by atoms with Crippen LogP contribution < -0.4 is 5.32 Å². The van der Waals surface area contributed by atoms with Crippen molar-refractivity contribution in [2.45, 2.75) is 33.7 Å². The largest absolute Gasteiger partial charge is 0.316 e.